The Bertz CT molecular complexity index is 1120. The first kappa shape index (κ1) is 23.2. The van der Waals surface area contributed by atoms with Gasteiger partial charge in [0, 0.05) is 10.6 Å². The molecule has 3 aromatic rings. The van der Waals surface area contributed by atoms with Gasteiger partial charge in [-0.2, -0.15) is 13.2 Å². The van der Waals surface area contributed by atoms with Crippen molar-refractivity contribution in [1.82, 2.24) is 0 Å². The first-order valence-electron chi connectivity index (χ1n) is 9.56. The quantitative estimate of drug-likeness (QED) is 0.412. The van der Waals surface area contributed by atoms with Crippen LogP contribution in [0.4, 0.5) is 24.5 Å². The number of para-hydroxylation sites is 2. The lowest BCUT2D eigenvalue weighted by Crippen LogP contribution is -2.19. The van der Waals surface area contributed by atoms with Crippen molar-refractivity contribution in [2.75, 3.05) is 17.2 Å². The predicted molar refractivity (Wildman–Crippen MR) is 118 cm³/mol. The van der Waals surface area contributed by atoms with Crippen molar-refractivity contribution in [3.63, 3.8) is 0 Å². The number of benzene rings is 3. The Morgan fingerprint density at radius 2 is 1.53 bits per heavy atom. The zero-order valence-electron chi connectivity index (χ0n) is 16.9. The number of nitrogens with one attached hydrogen (secondary N) is 2. The highest BCUT2D eigenvalue weighted by Gasteiger charge is 2.29. The number of rotatable bonds is 7. The number of halogens is 3. The summed E-state index contributed by atoms with van der Waals surface area (Å²) < 4.78 is 43.3. The van der Waals surface area contributed by atoms with Crippen molar-refractivity contribution >= 4 is 35.0 Å². The van der Waals surface area contributed by atoms with Crippen molar-refractivity contribution in [2.45, 2.75) is 17.3 Å². The Morgan fingerprint density at radius 1 is 0.875 bits per heavy atom. The van der Waals surface area contributed by atoms with Gasteiger partial charge in [0.15, 0.2) is 0 Å². The largest absolute Gasteiger partial charge is 0.493 e. The maximum Gasteiger partial charge on any atom is 0.446 e. The summed E-state index contributed by atoms with van der Waals surface area (Å²) in [6.45, 7) is 2.19. The average molecular weight is 460 g/mol. The minimum atomic E-state index is -4.43. The lowest BCUT2D eigenvalue weighted by molar-refractivity contribution is -0.0328. The molecule has 0 aromatic heterocycles. The Labute approximate surface area is 187 Å². The molecule has 0 radical (unpaired) electrons. The van der Waals surface area contributed by atoms with Crippen molar-refractivity contribution in [3.8, 4) is 5.75 Å². The van der Waals surface area contributed by atoms with Gasteiger partial charge in [-0.25, -0.2) is 0 Å². The molecule has 2 N–H and O–H groups in total. The zero-order valence-corrected chi connectivity index (χ0v) is 17.7. The van der Waals surface area contributed by atoms with E-state index in [1.54, 1.807) is 49.4 Å². The second-order valence-electron chi connectivity index (χ2n) is 6.46. The highest BCUT2D eigenvalue weighted by molar-refractivity contribution is 8.00. The number of thioether (sulfide) groups is 1. The minimum Gasteiger partial charge on any atom is -0.493 e. The van der Waals surface area contributed by atoms with Crippen molar-refractivity contribution < 1.29 is 27.5 Å². The molecular formula is C23H19F3N2O3S. The summed E-state index contributed by atoms with van der Waals surface area (Å²) in [5, 5.41) is 5.28. The molecular weight excluding hydrogens is 441 g/mol. The van der Waals surface area contributed by atoms with E-state index in [0.717, 1.165) is 0 Å². The van der Waals surface area contributed by atoms with E-state index in [1.807, 2.05) is 0 Å². The summed E-state index contributed by atoms with van der Waals surface area (Å²) in [7, 11) is 0. The van der Waals surface area contributed by atoms with Crippen LogP contribution in [0.3, 0.4) is 0 Å². The summed E-state index contributed by atoms with van der Waals surface area (Å²) in [6, 6.07) is 18.5. The molecule has 0 fully saturated rings. The van der Waals surface area contributed by atoms with Crippen LogP contribution in [0.1, 0.15) is 27.6 Å². The highest BCUT2D eigenvalue weighted by Crippen LogP contribution is 2.37. The Balaban J connectivity index is 1.79. The number of amides is 2. The van der Waals surface area contributed by atoms with E-state index in [0.29, 0.717) is 17.9 Å². The molecule has 3 rings (SSSR count). The third-order valence-corrected chi connectivity index (χ3v) is 4.90. The fourth-order valence-electron chi connectivity index (χ4n) is 2.88. The van der Waals surface area contributed by atoms with E-state index >= 15 is 0 Å². The van der Waals surface area contributed by atoms with E-state index in [4.69, 9.17) is 4.74 Å². The monoisotopic (exact) mass is 460 g/mol. The van der Waals surface area contributed by atoms with Gasteiger partial charge in [0.2, 0.25) is 0 Å². The van der Waals surface area contributed by atoms with E-state index in [9.17, 15) is 22.8 Å². The molecule has 0 aliphatic rings. The molecule has 0 saturated carbocycles. The van der Waals surface area contributed by atoms with Crippen LogP contribution in [0, 0.1) is 0 Å². The van der Waals surface area contributed by atoms with Gasteiger partial charge in [0.25, 0.3) is 11.8 Å². The Hall–Kier alpha value is -3.46. The molecule has 0 saturated heterocycles. The minimum absolute atomic E-state index is 0.0515. The van der Waals surface area contributed by atoms with E-state index in [1.165, 1.54) is 30.3 Å². The van der Waals surface area contributed by atoms with Crippen LogP contribution in [0.25, 0.3) is 0 Å². The number of anilines is 2. The number of hydrogen-bond donors (Lipinski definition) is 2. The van der Waals surface area contributed by atoms with Gasteiger partial charge in [-0.1, -0.05) is 30.3 Å². The summed E-state index contributed by atoms with van der Waals surface area (Å²) in [5.41, 5.74) is -3.52. The molecule has 0 aliphatic heterocycles. The van der Waals surface area contributed by atoms with Gasteiger partial charge in [-0.05, 0) is 61.2 Å². The molecule has 32 heavy (non-hydrogen) atoms. The summed E-state index contributed by atoms with van der Waals surface area (Å²) in [4.78, 5) is 25.5. The summed E-state index contributed by atoms with van der Waals surface area (Å²) >= 11 is -0.268. The first-order chi connectivity index (χ1) is 15.3. The predicted octanol–water partition coefficient (Wildman–Crippen LogP) is 6.20. The second-order valence-corrected chi connectivity index (χ2v) is 7.60. The van der Waals surface area contributed by atoms with Crippen LogP contribution in [-0.2, 0) is 0 Å². The molecule has 0 unspecified atom stereocenters. The molecule has 0 bridgehead atoms. The zero-order chi connectivity index (χ0) is 23.1. The Morgan fingerprint density at radius 3 is 2.25 bits per heavy atom. The smallest absolute Gasteiger partial charge is 0.446 e. The number of alkyl halides is 3. The maximum absolute atomic E-state index is 12.8. The van der Waals surface area contributed by atoms with E-state index in [-0.39, 0.29) is 33.6 Å². The first-order valence-corrected chi connectivity index (χ1v) is 10.4. The number of ether oxygens (including phenoxy) is 1. The number of carbonyl (C=O) groups is 2. The van der Waals surface area contributed by atoms with Gasteiger partial charge in [0.05, 0.1) is 23.4 Å². The number of carbonyl (C=O) groups excluding carboxylic acids is 2. The van der Waals surface area contributed by atoms with Crippen LogP contribution >= 0.6 is 11.8 Å². The topological polar surface area (TPSA) is 67.4 Å². The fraction of sp³-hybridized carbons (Fsp3) is 0.130. The van der Waals surface area contributed by atoms with Crippen molar-refractivity contribution in [1.29, 1.82) is 0 Å². The Kier molecular flexibility index (Phi) is 7.42. The molecule has 166 valence electrons. The SMILES string of the molecule is CCOc1ccccc1C(=O)Nc1ccccc1C(=O)Nc1cccc(SC(F)(F)F)c1. The van der Waals surface area contributed by atoms with E-state index < -0.39 is 17.3 Å². The van der Waals surface area contributed by atoms with Crippen LogP contribution in [-0.4, -0.2) is 23.9 Å². The van der Waals surface area contributed by atoms with Gasteiger partial charge in [-0.3, -0.25) is 9.59 Å². The van der Waals surface area contributed by atoms with Crippen LogP contribution in [0.5, 0.6) is 5.75 Å². The second kappa shape index (κ2) is 10.2. The van der Waals surface area contributed by atoms with Crippen LogP contribution in [0.2, 0.25) is 0 Å². The van der Waals surface area contributed by atoms with Crippen LogP contribution in [0.15, 0.2) is 77.7 Å². The molecule has 9 heteroatoms. The van der Waals surface area contributed by atoms with Gasteiger partial charge >= 0.3 is 5.51 Å². The molecule has 0 heterocycles. The number of hydrogen-bond acceptors (Lipinski definition) is 4. The molecule has 5 nitrogen and oxygen atoms in total. The highest BCUT2D eigenvalue weighted by atomic mass is 32.2. The van der Waals surface area contributed by atoms with Crippen molar-refractivity contribution in [2.24, 2.45) is 0 Å². The van der Waals surface area contributed by atoms with Gasteiger partial charge in [0.1, 0.15) is 5.75 Å². The third kappa shape index (κ3) is 6.27. The summed E-state index contributed by atoms with van der Waals surface area (Å²) in [6.07, 6.45) is 0. The van der Waals surface area contributed by atoms with Gasteiger partial charge < -0.3 is 15.4 Å². The van der Waals surface area contributed by atoms with Gasteiger partial charge in [-0.15, -0.1) is 0 Å². The van der Waals surface area contributed by atoms with Crippen molar-refractivity contribution in [3.05, 3.63) is 83.9 Å². The van der Waals surface area contributed by atoms with Crippen LogP contribution < -0.4 is 15.4 Å². The maximum atomic E-state index is 12.8. The molecule has 0 spiro atoms. The summed E-state index contributed by atoms with van der Waals surface area (Å²) in [5.74, 6) is -0.626. The lowest BCUT2D eigenvalue weighted by Gasteiger charge is -2.14. The molecule has 0 aliphatic carbocycles. The standard InChI is InChI=1S/C23H19F3N2O3S/c1-2-31-20-13-6-4-11-18(20)22(30)28-19-12-5-3-10-17(19)21(29)27-15-8-7-9-16(14-15)32-23(24,25)26/h3-14H,2H2,1H3,(H,27,29)(H,28,30). The fourth-order valence-corrected chi connectivity index (χ4v) is 3.48. The molecule has 0 atom stereocenters. The molecule has 3 aromatic carbocycles. The normalized spacial score (nSPS) is 11.0. The lowest BCUT2D eigenvalue weighted by atomic mass is 10.1. The average Bonchev–Trinajstić information content (AvgIpc) is 2.73. The molecule has 2 amide bonds. The van der Waals surface area contributed by atoms with E-state index in [2.05, 4.69) is 10.6 Å². The third-order valence-electron chi connectivity index (χ3n) is 4.18.